The number of nitrogens with zero attached hydrogens (tertiary/aromatic N) is 2. The molecule has 0 radical (unpaired) electrons. The zero-order valence-corrected chi connectivity index (χ0v) is 16.6. The number of carboxylic acid groups (broad SMARTS) is 1. The van der Waals surface area contributed by atoms with Gasteiger partial charge < -0.3 is 14.4 Å². The Balaban J connectivity index is 1.97. The summed E-state index contributed by atoms with van der Waals surface area (Å²) in [6.45, 7) is 6.61. The van der Waals surface area contributed by atoms with E-state index in [2.05, 4.69) is 10.6 Å². The van der Waals surface area contributed by atoms with E-state index < -0.39 is 5.97 Å². The highest BCUT2D eigenvalue weighted by molar-refractivity contribution is 5.92. The fourth-order valence-electron chi connectivity index (χ4n) is 3.32. The van der Waals surface area contributed by atoms with Crippen molar-refractivity contribution in [3.8, 4) is 17.5 Å². The van der Waals surface area contributed by atoms with E-state index in [1.54, 1.807) is 12.1 Å². The number of carbonyl (C=O) groups is 1. The summed E-state index contributed by atoms with van der Waals surface area (Å²) in [5.74, 6) is -0.159. The molecule has 3 rings (SSSR count). The van der Waals surface area contributed by atoms with Gasteiger partial charge in [-0.3, -0.25) is 0 Å². The first-order valence-corrected chi connectivity index (χ1v) is 9.32. The van der Waals surface area contributed by atoms with Crippen LogP contribution in [0.5, 0.6) is 5.75 Å². The Bertz CT molecular complexity index is 1100. The van der Waals surface area contributed by atoms with Gasteiger partial charge in [-0.2, -0.15) is 5.26 Å². The van der Waals surface area contributed by atoms with Crippen molar-refractivity contribution in [3.05, 3.63) is 82.7 Å². The molecule has 1 aromatic heterocycles. The third-order valence-electron chi connectivity index (χ3n) is 4.74. The Kier molecular flexibility index (Phi) is 5.85. The number of ether oxygens (including phenoxy) is 1. The SMILES string of the molecule is CCOc1ccc(-n2c(C)cc(/C=C(/C#N)c3ccc(C(=O)O)cc3)c2C)cc1. The molecule has 0 aliphatic carbocycles. The van der Waals surface area contributed by atoms with Crippen LogP contribution >= 0.6 is 0 Å². The van der Waals surface area contributed by atoms with Crippen molar-refractivity contribution in [2.75, 3.05) is 6.61 Å². The topological polar surface area (TPSA) is 75.2 Å². The Labute approximate surface area is 170 Å². The molecule has 5 nitrogen and oxygen atoms in total. The van der Waals surface area contributed by atoms with Gasteiger partial charge in [0.1, 0.15) is 5.75 Å². The second kappa shape index (κ2) is 8.49. The number of carboxylic acids is 1. The number of allylic oxidation sites excluding steroid dienone is 1. The predicted molar refractivity (Wildman–Crippen MR) is 113 cm³/mol. The van der Waals surface area contributed by atoms with E-state index >= 15 is 0 Å². The van der Waals surface area contributed by atoms with E-state index in [0.29, 0.717) is 17.7 Å². The zero-order chi connectivity index (χ0) is 21.0. The normalized spacial score (nSPS) is 11.2. The van der Waals surface area contributed by atoms with Gasteiger partial charge in [0.15, 0.2) is 0 Å². The van der Waals surface area contributed by atoms with E-state index in [1.807, 2.05) is 57.2 Å². The number of aromatic nitrogens is 1. The lowest BCUT2D eigenvalue weighted by Crippen LogP contribution is -1.99. The van der Waals surface area contributed by atoms with Crippen molar-refractivity contribution in [1.29, 1.82) is 5.26 Å². The summed E-state index contributed by atoms with van der Waals surface area (Å²) >= 11 is 0. The van der Waals surface area contributed by atoms with Gasteiger partial charge >= 0.3 is 5.97 Å². The number of aromatic carboxylic acids is 1. The summed E-state index contributed by atoms with van der Waals surface area (Å²) in [6.07, 6.45) is 1.84. The second-order valence-corrected chi connectivity index (χ2v) is 6.64. The maximum atomic E-state index is 11.0. The molecule has 1 heterocycles. The summed E-state index contributed by atoms with van der Waals surface area (Å²) < 4.78 is 7.64. The molecular weight excluding hydrogens is 364 g/mol. The van der Waals surface area contributed by atoms with Crippen molar-refractivity contribution >= 4 is 17.6 Å². The molecule has 0 aliphatic heterocycles. The molecule has 0 fully saturated rings. The van der Waals surface area contributed by atoms with E-state index in [4.69, 9.17) is 9.84 Å². The molecule has 29 heavy (non-hydrogen) atoms. The smallest absolute Gasteiger partial charge is 0.335 e. The van der Waals surface area contributed by atoms with Gasteiger partial charge in [0.05, 0.1) is 23.8 Å². The molecule has 0 amide bonds. The van der Waals surface area contributed by atoms with Crippen LogP contribution in [0.25, 0.3) is 17.3 Å². The van der Waals surface area contributed by atoms with Crippen LogP contribution in [0.4, 0.5) is 0 Å². The highest BCUT2D eigenvalue weighted by atomic mass is 16.5. The molecular formula is C24H22N2O3. The average molecular weight is 386 g/mol. The van der Waals surface area contributed by atoms with Crippen molar-refractivity contribution in [3.63, 3.8) is 0 Å². The fraction of sp³-hybridized carbons (Fsp3) is 0.167. The number of nitriles is 1. The lowest BCUT2D eigenvalue weighted by molar-refractivity contribution is 0.0697. The molecule has 5 heteroatoms. The number of hydrogen-bond acceptors (Lipinski definition) is 3. The molecule has 0 bridgehead atoms. The third-order valence-corrected chi connectivity index (χ3v) is 4.74. The third kappa shape index (κ3) is 4.22. The Morgan fingerprint density at radius 1 is 1.10 bits per heavy atom. The van der Waals surface area contributed by atoms with Gasteiger partial charge in [-0.15, -0.1) is 0 Å². The van der Waals surface area contributed by atoms with Crippen LogP contribution in [0, 0.1) is 25.2 Å². The summed E-state index contributed by atoms with van der Waals surface area (Å²) in [5.41, 5.74) is 5.39. The standard InChI is InChI=1S/C24H22N2O3/c1-4-29-23-11-9-22(10-12-23)26-16(2)13-20(17(26)3)14-21(15-25)18-5-7-19(8-6-18)24(27)28/h5-14H,4H2,1-3H3,(H,27,28)/b21-14-. The first-order chi connectivity index (χ1) is 13.9. The molecule has 3 aromatic rings. The Hall–Kier alpha value is -3.78. The Morgan fingerprint density at radius 3 is 2.28 bits per heavy atom. The van der Waals surface area contributed by atoms with E-state index in [-0.39, 0.29) is 5.56 Å². The van der Waals surface area contributed by atoms with Gasteiger partial charge in [-0.05, 0) is 80.4 Å². The van der Waals surface area contributed by atoms with Gasteiger partial charge in [0, 0.05) is 17.1 Å². The molecule has 0 saturated heterocycles. The number of benzene rings is 2. The van der Waals surface area contributed by atoms with Crippen LogP contribution in [0.3, 0.4) is 0 Å². The lowest BCUT2D eigenvalue weighted by Gasteiger charge is -2.11. The predicted octanol–water partition coefficient (Wildman–Crippen LogP) is 5.26. The fourth-order valence-corrected chi connectivity index (χ4v) is 3.32. The Morgan fingerprint density at radius 2 is 1.72 bits per heavy atom. The summed E-state index contributed by atoms with van der Waals surface area (Å²) in [4.78, 5) is 11.0. The second-order valence-electron chi connectivity index (χ2n) is 6.64. The summed E-state index contributed by atoms with van der Waals surface area (Å²) in [5, 5.41) is 18.7. The summed E-state index contributed by atoms with van der Waals surface area (Å²) in [7, 11) is 0. The molecule has 0 unspecified atom stereocenters. The maximum absolute atomic E-state index is 11.0. The molecule has 0 atom stereocenters. The van der Waals surface area contributed by atoms with Crippen LogP contribution in [-0.2, 0) is 0 Å². The van der Waals surface area contributed by atoms with E-state index in [0.717, 1.165) is 28.4 Å². The number of hydrogen-bond donors (Lipinski definition) is 1. The van der Waals surface area contributed by atoms with Crippen LogP contribution in [0.15, 0.2) is 54.6 Å². The summed E-state index contributed by atoms with van der Waals surface area (Å²) in [6, 6.07) is 18.5. The minimum absolute atomic E-state index is 0.194. The van der Waals surface area contributed by atoms with Gasteiger partial charge in [-0.1, -0.05) is 12.1 Å². The molecule has 0 spiro atoms. The quantitative estimate of drug-likeness (QED) is 0.587. The van der Waals surface area contributed by atoms with Gasteiger partial charge in [0.25, 0.3) is 0 Å². The minimum atomic E-state index is -0.988. The minimum Gasteiger partial charge on any atom is -0.494 e. The molecule has 1 N–H and O–H groups in total. The van der Waals surface area contributed by atoms with Gasteiger partial charge in [-0.25, -0.2) is 4.79 Å². The van der Waals surface area contributed by atoms with Gasteiger partial charge in [0.2, 0.25) is 0 Å². The number of aryl methyl sites for hydroxylation is 1. The van der Waals surface area contributed by atoms with E-state index in [1.165, 1.54) is 12.1 Å². The van der Waals surface area contributed by atoms with Crippen molar-refractivity contribution in [1.82, 2.24) is 4.57 Å². The first kappa shape index (κ1) is 20.0. The monoisotopic (exact) mass is 386 g/mol. The molecule has 146 valence electrons. The van der Waals surface area contributed by atoms with Crippen LogP contribution in [0.2, 0.25) is 0 Å². The van der Waals surface area contributed by atoms with Crippen LogP contribution < -0.4 is 4.74 Å². The van der Waals surface area contributed by atoms with E-state index in [9.17, 15) is 10.1 Å². The molecule has 0 aliphatic rings. The van der Waals surface area contributed by atoms with Crippen molar-refractivity contribution in [2.45, 2.75) is 20.8 Å². The first-order valence-electron chi connectivity index (χ1n) is 9.32. The van der Waals surface area contributed by atoms with Crippen molar-refractivity contribution < 1.29 is 14.6 Å². The zero-order valence-electron chi connectivity index (χ0n) is 16.6. The number of rotatable bonds is 6. The highest BCUT2D eigenvalue weighted by Gasteiger charge is 2.12. The largest absolute Gasteiger partial charge is 0.494 e. The average Bonchev–Trinajstić information content (AvgIpc) is 3.00. The lowest BCUT2D eigenvalue weighted by atomic mass is 10.0. The molecule has 0 saturated carbocycles. The van der Waals surface area contributed by atoms with Crippen molar-refractivity contribution in [2.24, 2.45) is 0 Å². The maximum Gasteiger partial charge on any atom is 0.335 e. The highest BCUT2D eigenvalue weighted by Crippen LogP contribution is 2.26. The van der Waals surface area contributed by atoms with Crippen LogP contribution in [0.1, 0.15) is 39.8 Å². The van der Waals surface area contributed by atoms with Crippen LogP contribution in [-0.4, -0.2) is 22.2 Å². The molecule has 2 aromatic carbocycles.